The van der Waals surface area contributed by atoms with Crippen molar-refractivity contribution in [3.63, 3.8) is 0 Å². The van der Waals surface area contributed by atoms with Gasteiger partial charge in [-0.3, -0.25) is 10.1 Å². The van der Waals surface area contributed by atoms with Gasteiger partial charge in [0, 0.05) is 6.42 Å². The Morgan fingerprint density at radius 1 is 1.53 bits per heavy atom. The summed E-state index contributed by atoms with van der Waals surface area (Å²) in [6, 6.07) is 5.74. The number of aliphatic carboxylic acids is 1. The summed E-state index contributed by atoms with van der Waals surface area (Å²) in [4.78, 5) is 11.2. The first-order valence-electron chi connectivity index (χ1n) is 5.14. The van der Waals surface area contributed by atoms with Crippen molar-refractivity contribution in [2.45, 2.75) is 18.9 Å². The van der Waals surface area contributed by atoms with Crippen molar-refractivity contribution < 1.29 is 14.3 Å². The number of halogens is 1. The second-order valence-corrected chi connectivity index (χ2v) is 4.00. The van der Waals surface area contributed by atoms with E-state index in [1.807, 2.05) is 0 Å². The molecule has 0 aliphatic carbocycles. The molecular weight excluding hydrogens is 221 g/mol. The van der Waals surface area contributed by atoms with Gasteiger partial charge in [0.25, 0.3) is 0 Å². The van der Waals surface area contributed by atoms with Crippen LogP contribution in [0.2, 0.25) is 0 Å². The smallest absolute Gasteiger partial charge is 0.323 e. The average Bonchev–Trinajstić information content (AvgIpc) is 2.29. The molecule has 90 valence electrons. The van der Waals surface area contributed by atoms with E-state index in [1.54, 1.807) is 19.1 Å². The number of rotatable bonds is 5. The molecule has 2 N–H and O–H groups in total. The molecule has 0 aromatic heterocycles. The predicted octanol–water partition coefficient (Wildman–Crippen LogP) is 1.43. The zero-order valence-corrected chi connectivity index (χ0v) is 9.53. The van der Waals surface area contributed by atoms with Gasteiger partial charge in [0.15, 0.2) is 0 Å². The molecule has 0 heterocycles. The van der Waals surface area contributed by atoms with Crippen molar-refractivity contribution in [2.24, 2.45) is 0 Å². The van der Waals surface area contributed by atoms with Gasteiger partial charge in [0.05, 0.1) is 6.54 Å². The highest BCUT2D eigenvalue weighted by molar-refractivity contribution is 5.78. The summed E-state index contributed by atoms with van der Waals surface area (Å²) in [7, 11) is 0. The normalized spacial score (nSPS) is 13.7. The summed E-state index contributed by atoms with van der Waals surface area (Å²) < 4.78 is 12.7. The highest BCUT2D eigenvalue weighted by Crippen LogP contribution is 2.14. The third-order valence-corrected chi connectivity index (χ3v) is 2.52. The lowest BCUT2D eigenvalue weighted by molar-refractivity contribution is -0.144. The van der Waals surface area contributed by atoms with Crippen LogP contribution in [0.4, 0.5) is 4.39 Å². The van der Waals surface area contributed by atoms with Gasteiger partial charge in [-0.25, -0.2) is 4.39 Å². The van der Waals surface area contributed by atoms with Crippen molar-refractivity contribution in [2.75, 3.05) is 6.54 Å². The van der Waals surface area contributed by atoms with E-state index in [9.17, 15) is 9.18 Å². The summed E-state index contributed by atoms with van der Waals surface area (Å²) >= 11 is 0. The number of hydrogen-bond donors (Lipinski definition) is 2. The maximum Gasteiger partial charge on any atom is 0.323 e. The van der Waals surface area contributed by atoms with Crippen LogP contribution in [0.25, 0.3) is 0 Å². The zero-order chi connectivity index (χ0) is 12.9. The van der Waals surface area contributed by atoms with Gasteiger partial charge in [0.2, 0.25) is 0 Å². The number of nitrogens with one attached hydrogen (secondary N) is 1. The molecule has 0 aliphatic heterocycles. The Morgan fingerprint density at radius 3 is 2.59 bits per heavy atom. The SMILES string of the molecule is C#CCNC(C)(Cc1ccc(F)cc1)C(=O)O. The highest BCUT2D eigenvalue weighted by Gasteiger charge is 2.32. The molecular formula is C13H14FNO2. The summed E-state index contributed by atoms with van der Waals surface area (Å²) in [5, 5.41) is 11.9. The summed E-state index contributed by atoms with van der Waals surface area (Å²) in [6.07, 6.45) is 5.33. The highest BCUT2D eigenvalue weighted by atomic mass is 19.1. The molecule has 0 radical (unpaired) electrons. The Bertz CT molecular complexity index is 436. The molecule has 1 rings (SSSR count). The van der Waals surface area contributed by atoms with E-state index in [0.717, 1.165) is 5.56 Å². The molecule has 1 unspecified atom stereocenters. The molecule has 3 nitrogen and oxygen atoms in total. The lowest BCUT2D eigenvalue weighted by atomic mass is 9.93. The van der Waals surface area contributed by atoms with E-state index in [0.29, 0.717) is 0 Å². The number of carbonyl (C=O) groups is 1. The quantitative estimate of drug-likeness (QED) is 0.759. The van der Waals surface area contributed by atoms with Gasteiger partial charge < -0.3 is 5.11 Å². The molecule has 1 atom stereocenters. The van der Waals surface area contributed by atoms with Crippen LogP contribution in [0.5, 0.6) is 0 Å². The molecule has 0 amide bonds. The third-order valence-electron chi connectivity index (χ3n) is 2.52. The number of hydrogen-bond acceptors (Lipinski definition) is 2. The molecule has 4 heteroatoms. The van der Waals surface area contributed by atoms with Gasteiger partial charge in [-0.2, -0.15) is 0 Å². The van der Waals surface area contributed by atoms with E-state index in [1.165, 1.54) is 12.1 Å². The van der Waals surface area contributed by atoms with Crippen LogP contribution < -0.4 is 5.32 Å². The van der Waals surface area contributed by atoms with Crippen LogP contribution >= 0.6 is 0 Å². The maximum atomic E-state index is 12.7. The molecule has 0 fully saturated rings. The van der Waals surface area contributed by atoms with E-state index in [4.69, 9.17) is 11.5 Å². The Morgan fingerprint density at radius 2 is 2.12 bits per heavy atom. The van der Waals surface area contributed by atoms with Gasteiger partial charge in [-0.1, -0.05) is 18.1 Å². The molecule has 1 aromatic carbocycles. The first-order chi connectivity index (χ1) is 7.98. The van der Waals surface area contributed by atoms with Crippen molar-refractivity contribution in [1.29, 1.82) is 0 Å². The van der Waals surface area contributed by atoms with E-state index >= 15 is 0 Å². The van der Waals surface area contributed by atoms with Crippen LogP contribution in [0.15, 0.2) is 24.3 Å². The van der Waals surface area contributed by atoms with Gasteiger partial charge in [-0.05, 0) is 24.6 Å². The van der Waals surface area contributed by atoms with Crippen molar-refractivity contribution in [3.05, 3.63) is 35.6 Å². The third kappa shape index (κ3) is 3.58. The van der Waals surface area contributed by atoms with Crippen molar-refractivity contribution in [1.82, 2.24) is 5.32 Å². The van der Waals surface area contributed by atoms with Crippen molar-refractivity contribution in [3.8, 4) is 12.3 Å². The average molecular weight is 235 g/mol. The van der Waals surface area contributed by atoms with E-state index in [-0.39, 0.29) is 18.8 Å². The first-order valence-corrected chi connectivity index (χ1v) is 5.14. The minimum Gasteiger partial charge on any atom is -0.480 e. The van der Waals surface area contributed by atoms with Crippen LogP contribution in [0, 0.1) is 18.2 Å². The number of terminal acetylenes is 1. The molecule has 0 aliphatic rings. The van der Waals surface area contributed by atoms with Crippen LogP contribution in [0.1, 0.15) is 12.5 Å². The molecule has 0 bridgehead atoms. The van der Waals surface area contributed by atoms with Crippen LogP contribution in [0.3, 0.4) is 0 Å². The van der Waals surface area contributed by atoms with Gasteiger partial charge in [-0.15, -0.1) is 6.42 Å². The minimum absolute atomic E-state index is 0.171. The largest absolute Gasteiger partial charge is 0.480 e. The maximum absolute atomic E-state index is 12.7. The molecule has 17 heavy (non-hydrogen) atoms. The lowest BCUT2D eigenvalue weighted by Gasteiger charge is -2.25. The predicted molar refractivity (Wildman–Crippen MR) is 63.0 cm³/mol. The van der Waals surface area contributed by atoms with Crippen LogP contribution in [-0.4, -0.2) is 23.2 Å². The fourth-order valence-electron chi connectivity index (χ4n) is 1.47. The summed E-state index contributed by atoms with van der Waals surface area (Å²) in [5.41, 5.74) is -0.412. The summed E-state index contributed by atoms with van der Waals surface area (Å²) in [6.45, 7) is 1.72. The first kappa shape index (κ1) is 13.2. The van der Waals surface area contributed by atoms with E-state index in [2.05, 4.69) is 11.2 Å². The molecule has 0 saturated carbocycles. The second kappa shape index (κ2) is 5.46. The number of benzene rings is 1. The topological polar surface area (TPSA) is 49.3 Å². The Hall–Kier alpha value is -1.86. The summed E-state index contributed by atoms with van der Waals surface area (Å²) in [5.74, 6) is 1.00. The lowest BCUT2D eigenvalue weighted by Crippen LogP contribution is -2.51. The van der Waals surface area contributed by atoms with Gasteiger partial charge in [0.1, 0.15) is 11.4 Å². The Kier molecular flexibility index (Phi) is 4.24. The number of carboxylic acid groups (broad SMARTS) is 1. The standard InChI is InChI=1S/C13H14FNO2/c1-3-8-15-13(2,12(16)17)9-10-4-6-11(14)7-5-10/h1,4-7,15H,8-9H2,2H3,(H,16,17). The van der Waals surface area contributed by atoms with Gasteiger partial charge >= 0.3 is 5.97 Å². The fraction of sp³-hybridized carbons (Fsp3) is 0.308. The Balaban J connectivity index is 2.83. The molecule has 0 spiro atoms. The zero-order valence-electron chi connectivity index (χ0n) is 9.53. The monoisotopic (exact) mass is 235 g/mol. The minimum atomic E-state index is -1.15. The van der Waals surface area contributed by atoms with Crippen LogP contribution in [-0.2, 0) is 11.2 Å². The fourth-order valence-corrected chi connectivity index (χ4v) is 1.47. The van der Waals surface area contributed by atoms with Crippen molar-refractivity contribution >= 4 is 5.97 Å². The Labute approximate surface area is 99.7 Å². The number of carboxylic acids is 1. The van der Waals surface area contributed by atoms with E-state index < -0.39 is 11.5 Å². The molecule has 0 saturated heterocycles. The molecule has 1 aromatic rings. The second-order valence-electron chi connectivity index (χ2n) is 4.00.